The van der Waals surface area contributed by atoms with Crippen molar-refractivity contribution in [2.45, 2.75) is 55.2 Å². The van der Waals surface area contributed by atoms with Gasteiger partial charge in [-0.1, -0.05) is 73.9 Å². The minimum absolute atomic E-state index is 0.535. The molecule has 0 amide bonds. The monoisotopic (exact) mass is 854 g/mol. The fraction of sp³-hybridized carbons (Fsp3) is 0.145. The molecule has 9 heteroatoms. The Kier molecular flexibility index (Phi) is 15.6. The van der Waals surface area contributed by atoms with E-state index in [0.717, 1.165) is 93.8 Å². The summed E-state index contributed by atoms with van der Waals surface area (Å²) in [5, 5.41) is 0.919. The summed E-state index contributed by atoms with van der Waals surface area (Å²) in [6.45, 7) is 34.5. The van der Waals surface area contributed by atoms with Crippen LogP contribution in [0.3, 0.4) is 0 Å². The average Bonchev–Trinajstić information content (AvgIpc) is 3.97. The van der Waals surface area contributed by atoms with Crippen LogP contribution in [0.4, 0.5) is 0 Å². The number of rotatable bonds is 17. The molecule has 0 aliphatic rings. The smallest absolute Gasteiger partial charge is 0.236 e. The Morgan fingerprint density at radius 2 is 1.61 bits per heavy atom. The van der Waals surface area contributed by atoms with Crippen LogP contribution in [-0.4, -0.2) is 44.7 Å². The van der Waals surface area contributed by atoms with E-state index in [1.54, 1.807) is 23.5 Å². The number of hydrogen-bond acceptors (Lipinski definition) is 6. The number of thiazole rings is 1. The molecule has 64 heavy (non-hydrogen) atoms. The first-order valence-electron chi connectivity index (χ1n) is 21.4. The molecule has 0 aliphatic carbocycles. The molecule has 0 N–H and O–H groups in total. The molecule has 4 aromatic heterocycles. The van der Waals surface area contributed by atoms with Crippen molar-refractivity contribution in [3.8, 4) is 27.6 Å². The topological polar surface area (TPSA) is 69.6 Å². The molecule has 0 atom stereocenters. The van der Waals surface area contributed by atoms with Crippen LogP contribution in [0.5, 0.6) is 0 Å². The van der Waals surface area contributed by atoms with E-state index in [2.05, 4.69) is 127 Å². The molecule has 0 fully saturated rings. The standard InChI is InChI=1S/C55H54B2N5OS/c1-13-20-25-38(17-5)52-59-53(39(18-6)26-21-14-2)61-54(60-52)40-29-30-49-46(33-40)58-55(64-49)41-27-22-28-42(32-41)62-37(10)45(36(9)47(62)24-16-4)31-35(8)44(23-15-3)51-50(57-12)43(19-7)48(63-51)34-56-11/h13-34H,1,3,6-7H2,2,4-5,8-12H3/b21-14-,24-16-,25-20-,35-31+,38-17+,39-26+,44-23-. The van der Waals surface area contributed by atoms with Gasteiger partial charge in [0.1, 0.15) is 5.01 Å². The van der Waals surface area contributed by atoms with E-state index >= 15 is 0 Å². The SMILES string of the molecule is C=C/C=C\C(=C/C)c1nc(/C(C=C)=C/C=C\C)nc(-c2ccc3sc(-c4cccc(-n5c(C)c(/C=C(C)/C(=C/C=C)c6oc(C=BC)c(C=C)c6[B]C)c(C)c5/C=C\C)c4)nc3c2)n1. The summed E-state index contributed by atoms with van der Waals surface area (Å²) in [5.74, 6) is 5.19. The molecule has 4 heterocycles. The molecular weight excluding hydrogens is 800 g/mol. The van der Waals surface area contributed by atoms with Crippen molar-refractivity contribution in [2.75, 3.05) is 0 Å². The van der Waals surface area contributed by atoms with E-state index in [1.807, 2.05) is 95.1 Å². The van der Waals surface area contributed by atoms with Gasteiger partial charge in [0.15, 0.2) is 17.5 Å². The van der Waals surface area contributed by atoms with Crippen LogP contribution < -0.4 is 5.46 Å². The van der Waals surface area contributed by atoms with Gasteiger partial charge in [-0.05, 0) is 39.0 Å². The van der Waals surface area contributed by atoms with E-state index in [0.29, 0.717) is 17.5 Å². The van der Waals surface area contributed by atoms with E-state index in [1.165, 1.54) is 5.56 Å². The maximum absolute atomic E-state index is 6.51. The minimum Gasteiger partial charge on any atom is -0.236 e. The van der Waals surface area contributed by atoms with Gasteiger partial charge in [0.2, 0.25) is 0 Å². The molecule has 0 unspecified atom stereocenters. The summed E-state index contributed by atoms with van der Waals surface area (Å²) in [5.41, 5.74) is 14.0. The molecule has 2 aromatic carbocycles. The summed E-state index contributed by atoms with van der Waals surface area (Å²) in [4.78, 5) is 19.9. The summed E-state index contributed by atoms with van der Waals surface area (Å²) in [6.07, 6.45) is 27.4. The third-order valence-electron chi connectivity index (χ3n) is 10.8. The van der Waals surface area contributed by atoms with Gasteiger partial charge in [-0.15, -0.1) is 11.3 Å². The van der Waals surface area contributed by atoms with E-state index in [-0.39, 0.29) is 0 Å². The summed E-state index contributed by atoms with van der Waals surface area (Å²) in [6, 6.07) is 14.8. The van der Waals surface area contributed by atoms with E-state index < -0.39 is 0 Å². The number of hydrogen-bond donors (Lipinski definition) is 0. The van der Waals surface area contributed by atoms with Crippen molar-refractivity contribution in [1.29, 1.82) is 0 Å². The molecule has 0 saturated carbocycles. The molecule has 6 nitrogen and oxygen atoms in total. The second-order valence-electron chi connectivity index (χ2n) is 14.9. The van der Waals surface area contributed by atoms with Crippen LogP contribution in [0, 0.1) is 13.8 Å². The van der Waals surface area contributed by atoms with Crippen molar-refractivity contribution < 1.29 is 4.42 Å². The van der Waals surface area contributed by atoms with Crippen molar-refractivity contribution in [2.24, 2.45) is 0 Å². The van der Waals surface area contributed by atoms with Gasteiger partial charge in [-0.25, -0.2) is 19.9 Å². The molecule has 0 spiro atoms. The van der Waals surface area contributed by atoms with Crippen LogP contribution in [0.1, 0.15) is 78.9 Å². The van der Waals surface area contributed by atoms with Crippen LogP contribution in [0.25, 0.3) is 72.8 Å². The number of benzene rings is 2. The van der Waals surface area contributed by atoms with Gasteiger partial charge >= 0.3 is 187 Å². The minimum atomic E-state index is 0.535. The van der Waals surface area contributed by atoms with Gasteiger partial charge in [0, 0.05) is 22.3 Å². The zero-order chi connectivity index (χ0) is 45.9. The van der Waals surface area contributed by atoms with Gasteiger partial charge in [0.05, 0.1) is 10.2 Å². The van der Waals surface area contributed by atoms with Crippen LogP contribution in [0.15, 0.2) is 146 Å². The van der Waals surface area contributed by atoms with Crippen molar-refractivity contribution >= 4 is 82.1 Å². The van der Waals surface area contributed by atoms with Crippen molar-refractivity contribution in [1.82, 2.24) is 24.5 Å². The number of nitrogens with zero attached hydrogens (tertiary/aromatic N) is 5. The summed E-state index contributed by atoms with van der Waals surface area (Å²) < 4.78 is 9.91. The molecule has 6 aromatic rings. The molecule has 317 valence electrons. The molecule has 0 saturated heterocycles. The van der Waals surface area contributed by atoms with Gasteiger partial charge in [-0.2, -0.15) is 0 Å². The van der Waals surface area contributed by atoms with Crippen molar-refractivity contribution in [3.63, 3.8) is 0 Å². The second-order valence-corrected chi connectivity index (χ2v) is 15.9. The maximum atomic E-state index is 6.51. The zero-order valence-electron chi connectivity index (χ0n) is 38.2. The average molecular weight is 855 g/mol. The Morgan fingerprint density at radius 1 is 0.828 bits per heavy atom. The summed E-state index contributed by atoms with van der Waals surface area (Å²) >= 11 is 1.66. The van der Waals surface area contributed by atoms with Crippen LogP contribution >= 0.6 is 11.3 Å². The first-order chi connectivity index (χ1) is 31.1. The van der Waals surface area contributed by atoms with E-state index in [9.17, 15) is 0 Å². The molecule has 1 radical (unpaired) electrons. The number of aromatic nitrogens is 5. The zero-order valence-corrected chi connectivity index (χ0v) is 39.1. The quantitative estimate of drug-likeness (QED) is 0.0675. The molecule has 0 bridgehead atoms. The Hall–Kier alpha value is -6.96. The number of fused-ring (bicyclic) bond motifs is 1. The molecule has 0 aliphatic heterocycles. The van der Waals surface area contributed by atoms with Gasteiger partial charge in [-0.3, -0.25) is 0 Å². The fourth-order valence-corrected chi connectivity index (χ4v) is 8.61. The molecule has 6 rings (SSSR count). The third kappa shape index (κ3) is 9.65. The van der Waals surface area contributed by atoms with Crippen molar-refractivity contribution in [3.05, 3.63) is 192 Å². The Labute approximate surface area is 384 Å². The Bertz CT molecular complexity index is 3030. The molecular formula is C55H54B2N5OS. The predicted molar refractivity (Wildman–Crippen MR) is 282 cm³/mol. The Morgan fingerprint density at radius 3 is 2.27 bits per heavy atom. The predicted octanol–water partition coefficient (Wildman–Crippen LogP) is 13.7. The van der Waals surface area contributed by atoms with Gasteiger partial charge < -0.3 is 0 Å². The first-order valence-corrected chi connectivity index (χ1v) is 22.2. The fourth-order valence-electron chi connectivity index (χ4n) is 7.66. The summed E-state index contributed by atoms with van der Waals surface area (Å²) in [7, 11) is 2.08. The first kappa shape index (κ1) is 46.5. The third-order valence-corrected chi connectivity index (χ3v) is 11.9. The van der Waals surface area contributed by atoms with Gasteiger partial charge in [0.25, 0.3) is 0 Å². The number of allylic oxidation sites excluding steroid dienone is 15. The van der Waals surface area contributed by atoms with E-state index in [4.69, 9.17) is 24.4 Å². The van der Waals surface area contributed by atoms with Crippen LogP contribution in [-0.2, 0) is 0 Å². The normalized spacial score (nSPS) is 12.9. The second kappa shape index (κ2) is 21.4. The van der Waals surface area contributed by atoms with Crippen LogP contribution in [0.2, 0.25) is 13.6 Å². The Balaban J connectivity index is 1.43. The number of furan rings is 1.